The summed E-state index contributed by atoms with van der Waals surface area (Å²) in [5.41, 5.74) is 5.72. The Morgan fingerprint density at radius 3 is 2.88 bits per heavy atom. The lowest BCUT2D eigenvalue weighted by atomic mass is 10.1. The molecule has 16 heavy (non-hydrogen) atoms. The van der Waals surface area contributed by atoms with Gasteiger partial charge in [0.05, 0.1) is 22.6 Å². The van der Waals surface area contributed by atoms with E-state index in [2.05, 4.69) is 15.3 Å². The molecule has 1 saturated carbocycles. The summed E-state index contributed by atoms with van der Waals surface area (Å²) in [4.78, 5) is 19.9. The van der Waals surface area contributed by atoms with Gasteiger partial charge in [-0.15, -0.1) is 0 Å². The molecule has 1 heterocycles. The van der Waals surface area contributed by atoms with E-state index in [-0.39, 0.29) is 10.9 Å². The highest BCUT2D eigenvalue weighted by Gasteiger charge is 2.52. The number of aromatic nitrogens is 2. The second-order valence-corrected chi connectivity index (χ2v) is 4.27. The molecule has 3 N–H and O–H groups in total. The number of nitrogens with two attached hydrogens (primary N) is 1. The van der Waals surface area contributed by atoms with E-state index in [9.17, 15) is 4.79 Å². The van der Waals surface area contributed by atoms with Crippen LogP contribution in [0.2, 0.25) is 0 Å². The van der Waals surface area contributed by atoms with Crippen LogP contribution in [-0.2, 0) is 11.3 Å². The van der Waals surface area contributed by atoms with E-state index >= 15 is 0 Å². The number of nitrogens with zero attached hydrogens (tertiary/aromatic N) is 2. The van der Waals surface area contributed by atoms with E-state index in [1.165, 1.54) is 6.33 Å². The predicted octanol–water partition coefficient (Wildman–Crippen LogP) is 0.159. The molecule has 1 fully saturated rings. The van der Waals surface area contributed by atoms with Crippen molar-refractivity contribution in [3.63, 3.8) is 0 Å². The van der Waals surface area contributed by atoms with Crippen LogP contribution in [0.1, 0.15) is 18.5 Å². The van der Waals surface area contributed by atoms with E-state index in [0.717, 1.165) is 18.5 Å². The minimum Gasteiger partial charge on any atom is -0.392 e. The maximum Gasteiger partial charge on any atom is 0.233 e. The van der Waals surface area contributed by atoms with Gasteiger partial charge >= 0.3 is 0 Å². The van der Waals surface area contributed by atoms with E-state index in [4.69, 9.17) is 18.0 Å². The predicted molar refractivity (Wildman–Crippen MR) is 62.3 cm³/mol. The number of rotatable bonds is 4. The Bertz CT molecular complexity index is 416. The monoisotopic (exact) mass is 236 g/mol. The van der Waals surface area contributed by atoms with Crippen LogP contribution in [0.3, 0.4) is 0 Å². The van der Waals surface area contributed by atoms with Gasteiger partial charge in [0, 0.05) is 6.20 Å². The van der Waals surface area contributed by atoms with Crippen LogP contribution in [0.25, 0.3) is 0 Å². The number of carbonyl (C=O) groups excluding carboxylic acids is 1. The Hall–Kier alpha value is -1.56. The third kappa shape index (κ3) is 2.01. The molecule has 84 valence electrons. The Kier molecular flexibility index (Phi) is 2.82. The topological polar surface area (TPSA) is 80.9 Å². The maximum atomic E-state index is 11.8. The van der Waals surface area contributed by atoms with Crippen molar-refractivity contribution < 1.29 is 4.79 Å². The van der Waals surface area contributed by atoms with Gasteiger partial charge in [-0.05, 0) is 18.9 Å². The summed E-state index contributed by atoms with van der Waals surface area (Å²) >= 11 is 4.89. The van der Waals surface area contributed by atoms with Crippen molar-refractivity contribution in [3.05, 3.63) is 24.3 Å². The molecule has 0 aliphatic heterocycles. The molecule has 5 nitrogen and oxygen atoms in total. The maximum absolute atomic E-state index is 11.8. The third-order valence-corrected chi connectivity index (χ3v) is 3.12. The normalized spacial score (nSPS) is 16.5. The summed E-state index contributed by atoms with van der Waals surface area (Å²) in [7, 11) is 0. The van der Waals surface area contributed by atoms with E-state index in [0.29, 0.717) is 6.54 Å². The minimum atomic E-state index is -0.595. The van der Waals surface area contributed by atoms with Gasteiger partial charge in [-0.1, -0.05) is 12.2 Å². The van der Waals surface area contributed by atoms with E-state index < -0.39 is 5.41 Å². The molecule has 0 aromatic carbocycles. The molecular weight excluding hydrogens is 224 g/mol. The Balaban J connectivity index is 1.92. The van der Waals surface area contributed by atoms with Crippen LogP contribution in [0, 0.1) is 5.41 Å². The minimum absolute atomic E-state index is 0.0985. The SMILES string of the molecule is NC(=S)C1(C(=O)NCc2ccncn2)CC1. The van der Waals surface area contributed by atoms with Gasteiger partial charge in [-0.25, -0.2) is 9.97 Å². The first-order chi connectivity index (χ1) is 7.65. The van der Waals surface area contributed by atoms with Gasteiger partial charge in [0.1, 0.15) is 6.33 Å². The fourth-order valence-corrected chi connectivity index (χ4v) is 1.77. The van der Waals surface area contributed by atoms with E-state index in [1.54, 1.807) is 12.3 Å². The van der Waals surface area contributed by atoms with Gasteiger partial charge in [0.25, 0.3) is 0 Å². The first-order valence-corrected chi connectivity index (χ1v) is 5.39. The molecule has 0 unspecified atom stereocenters. The van der Waals surface area contributed by atoms with E-state index in [1.807, 2.05) is 0 Å². The summed E-state index contributed by atoms with van der Waals surface area (Å²) in [6.07, 6.45) is 4.58. The molecule has 1 aromatic rings. The molecule has 0 bridgehead atoms. The van der Waals surface area contributed by atoms with Crippen molar-refractivity contribution in [1.29, 1.82) is 0 Å². The van der Waals surface area contributed by atoms with Crippen LogP contribution in [-0.4, -0.2) is 20.9 Å². The lowest BCUT2D eigenvalue weighted by molar-refractivity contribution is -0.124. The van der Waals surface area contributed by atoms with Crippen LogP contribution < -0.4 is 11.1 Å². The molecule has 1 amide bonds. The third-order valence-electron chi connectivity index (χ3n) is 2.73. The van der Waals surface area contributed by atoms with Crippen molar-refractivity contribution in [3.8, 4) is 0 Å². The Morgan fingerprint density at radius 1 is 1.62 bits per heavy atom. The summed E-state index contributed by atoms with van der Waals surface area (Å²) in [5, 5.41) is 2.79. The van der Waals surface area contributed by atoms with Gasteiger partial charge in [0.2, 0.25) is 5.91 Å². The molecule has 1 aliphatic rings. The number of thiocarbonyl (C=S) groups is 1. The summed E-state index contributed by atoms with van der Waals surface area (Å²) in [6.45, 7) is 0.381. The van der Waals surface area contributed by atoms with Gasteiger partial charge < -0.3 is 11.1 Å². The zero-order valence-corrected chi connectivity index (χ0v) is 9.46. The molecular formula is C10H12N4OS. The highest BCUT2D eigenvalue weighted by molar-refractivity contribution is 7.80. The lowest BCUT2D eigenvalue weighted by Crippen LogP contribution is -2.39. The van der Waals surface area contributed by atoms with Crippen molar-refractivity contribution in [1.82, 2.24) is 15.3 Å². The van der Waals surface area contributed by atoms with Crippen molar-refractivity contribution in [2.75, 3.05) is 0 Å². The Labute approximate surface area is 98.5 Å². The van der Waals surface area contributed by atoms with Crippen molar-refractivity contribution in [2.45, 2.75) is 19.4 Å². The largest absolute Gasteiger partial charge is 0.392 e. The molecule has 0 atom stereocenters. The number of hydrogen-bond acceptors (Lipinski definition) is 4. The Morgan fingerprint density at radius 2 is 2.38 bits per heavy atom. The molecule has 0 spiro atoms. The molecule has 0 radical (unpaired) electrons. The average Bonchev–Trinajstić information content (AvgIpc) is 3.08. The standard InChI is InChI=1S/C10H12N4OS/c11-8(16)10(2-3-10)9(15)13-5-7-1-4-12-6-14-7/h1,4,6H,2-3,5H2,(H2,11,16)(H,13,15). The van der Waals surface area contributed by atoms with Gasteiger partial charge in [-0.2, -0.15) is 0 Å². The number of carbonyl (C=O) groups is 1. The van der Waals surface area contributed by atoms with Crippen LogP contribution >= 0.6 is 12.2 Å². The number of nitrogens with one attached hydrogen (secondary N) is 1. The summed E-state index contributed by atoms with van der Waals surface area (Å²) < 4.78 is 0. The quantitative estimate of drug-likeness (QED) is 0.728. The second kappa shape index (κ2) is 4.13. The molecule has 0 saturated heterocycles. The van der Waals surface area contributed by atoms with Crippen LogP contribution in [0.15, 0.2) is 18.6 Å². The number of hydrogen-bond donors (Lipinski definition) is 2. The fraction of sp³-hybridized carbons (Fsp3) is 0.400. The van der Waals surface area contributed by atoms with Gasteiger partial charge in [-0.3, -0.25) is 4.79 Å². The first-order valence-electron chi connectivity index (χ1n) is 4.98. The molecule has 6 heteroatoms. The van der Waals surface area contributed by atoms with Crippen molar-refractivity contribution >= 4 is 23.1 Å². The highest BCUT2D eigenvalue weighted by Crippen LogP contribution is 2.46. The highest BCUT2D eigenvalue weighted by atomic mass is 32.1. The molecule has 2 rings (SSSR count). The zero-order chi connectivity index (χ0) is 11.6. The van der Waals surface area contributed by atoms with Crippen molar-refractivity contribution in [2.24, 2.45) is 11.1 Å². The smallest absolute Gasteiger partial charge is 0.233 e. The van der Waals surface area contributed by atoms with Crippen LogP contribution in [0.4, 0.5) is 0 Å². The second-order valence-electron chi connectivity index (χ2n) is 3.83. The summed E-state index contributed by atoms with van der Waals surface area (Å²) in [6, 6.07) is 1.75. The van der Waals surface area contributed by atoms with Gasteiger partial charge in [0.15, 0.2) is 0 Å². The average molecular weight is 236 g/mol. The summed E-state index contributed by atoms with van der Waals surface area (Å²) in [5.74, 6) is -0.0985. The van der Waals surface area contributed by atoms with Crippen LogP contribution in [0.5, 0.6) is 0 Å². The zero-order valence-electron chi connectivity index (χ0n) is 8.64. The number of amides is 1. The fourth-order valence-electron chi connectivity index (χ4n) is 1.47. The first kappa shape index (κ1) is 10.9. The lowest BCUT2D eigenvalue weighted by Gasteiger charge is -2.12. The molecule has 1 aromatic heterocycles. The molecule has 1 aliphatic carbocycles.